The predicted molar refractivity (Wildman–Crippen MR) is 91.4 cm³/mol. The molecule has 1 aromatic heterocycles. The number of fused-ring (bicyclic) bond motifs is 1. The second kappa shape index (κ2) is 6.08. The van der Waals surface area contributed by atoms with Crippen LogP contribution < -0.4 is 10.7 Å². The SMILES string of the molecule is CC(C)C(=O)Nc1oc2ccccc2c(=O)c1-c1ccccc1. The quantitative estimate of drug-likeness (QED) is 0.794. The summed E-state index contributed by atoms with van der Waals surface area (Å²) in [6, 6.07) is 16.2. The molecule has 0 bridgehead atoms. The number of benzene rings is 2. The highest BCUT2D eigenvalue weighted by Gasteiger charge is 2.19. The molecule has 0 aliphatic carbocycles. The van der Waals surface area contributed by atoms with Crippen molar-refractivity contribution in [3.8, 4) is 11.1 Å². The van der Waals surface area contributed by atoms with Gasteiger partial charge in [0, 0.05) is 5.92 Å². The Morgan fingerprint density at radius 2 is 1.65 bits per heavy atom. The Labute approximate surface area is 133 Å². The maximum atomic E-state index is 12.9. The number of rotatable bonds is 3. The molecule has 0 saturated carbocycles. The van der Waals surface area contributed by atoms with Crippen molar-refractivity contribution in [2.45, 2.75) is 13.8 Å². The van der Waals surface area contributed by atoms with Crippen molar-refractivity contribution in [3.05, 3.63) is 64.8 Å². The number of para-hydroxylation sites is 1. The fraction of sp³-hybridized carbons (Fsp3) is 0.158. The van der Waals surface area contributed by atoms with Gasteiger partial charge in [0.05, 0.1) is 10.9 Å². The van der Waals surface area contributed by atoms with Gasteiger partial charge in [0.2, 0.25) is 17.2 Å². The maximum Gasteiger partial charge on any atom is 0.229 e. The zero-order chi connectivity index (χ0) is 16.4. The third-order valence-corrected chi connectivity index (χ3v) is 3.62. The number of carbonyl (C=O) groups is 1. The Morgan fingerprint density at radius 3 is 2.35 bits per heavy atom. The fourth-order valence-electron chi connectivity index (χ4n) is 2.35. The monoisotopic (exact) mass is 307 g/mol. The Morgan fingerprint density at radius 1 is 1.00 bits per heavy atom. The zero-order valence-corrected chi connectivity index (χ0v) is 13.0. The van der Waals surface area contributed by atoms with E-state index in [2.05, 4.69) is 5.32 Å². The first-order chi connectivity index (χ1) is 11.1. The molecule has 0 aliphatic heterocycles. The minimum Gasteiger partial charge on any atom is -0.439 e. The van der Waals surface area contributed by atoms with Crippen LogP contribution in [0.2, 0.25) is 0 Å². The van der Waals surface area contributed by atoms with Gasteiger partial charge in [0.15, 0.2) is 0 Å². The maximum absolute atomic E-state index is 12.9. The van der Waals surface area contributed by atoms with Gasteiger partial charge in [0.1, 0.15) is 5.58 Å². The van der Waals surface area contributed by atoms with Gasteiger partial charge in [-0.3, -0.25) is 14.9 Å². The van der Waals surface area contributed by atoms with Crippen LogP contribution in [0.3, 0.4) is 0 Å². The van der Waals surface area contributed by atoms with E-state index in [1.165, 1.54) is 0 Å². The van der Waals surface area contributed by atoms with E-state index < -0.39 is 0 Å². The van der Waals surface area contributed by atoms with Gasteiger partial charge >= 0.3 is 0 Å². The van der Waals surface area contributed by atoms with Gasteiger partial charge in [-0.25, -0.2) is 0 Å². The topological polar surface area (TPSA) is 59.3 Å². The Bertz CT molecular complexity index is 911. The van der Waals surface area contributed by atoms with E-state index in [1.807, 2.05) is 30.3 Å². The van der Waals surface area contributed by atoms with Crippen LogP contribution in [0.1, 0.15) is 13.8 Å². The number of amides is 1. The first kappa shape index (κ1) is 15.0. The van der Waals surface area contributed by atoms with Crippen molar-refractivity contribution in [1.82, 2.24) is 0 Å². The van der Waals surface area contributed by atoms with Gasteiger partial charge in [-0.1, -0.05) is 56.3 Å². The summed E-state index contributed by atoms with van der Waals surface area (Å²) in [4.78, 5) is 25.0. The number of hydrogen-bond acceptors (Lipinski definition) is 3. The van der Waals surface area contributed by atoms with E-state index in [4.69, 9.17) is 4.42 Å². The molecule has 0 saturated heterocycles. The summed E-state index contributed by atoms with van der Waals surface area (Å²) in [5.41, 5.74) is 1.39. The standard InChI is InChI=1S/C19H17NO3/c1-12(2)18(22)20-19-16(13-8-4-3-5-9-13)17(21)14-10-6-7-11-15(14)23-19/h3-12H,1-2H3,(H,20,22). The van der Waals surface area contributed by atoms with Crippen molar-refractivity contribution in [1.29, 1.82) is 0 Å². The molecule has 1 N–H and O–H groups in total. The minimum atomic E-state index is -0.213. The van der Waals surface area contributed by atoms with Crippen LogP contribution in [0.15, 0.2) is 63.8 Å². The highest BCUT2D eigenvalue weighted by molar-refractivity contribution is 5.96. The molecule has 0 radical (unpaired) electrons. The molecule has 3 rings (SSSR count). The van der Waals surface area contributed by atoms with Crippen LogP contribution in [0.4, 0.5) is 5.88 Å². The minimum absolute atomic E-state index is 0.155. The zero-order valence-electron chi connectivity index (χ0n) is 13.0. The molecule has 0 fully saturated rings. The van der Waals surface area contributed by atoms with Crippen LogP contribution in [0.5, 0.6) is 0 Å². The second-order valence-corrected chi connectivity index (χ2v) is 5.64. The molecule has 4 heteroatoms. The smallest absolute Gasteiger partial charge is 0.229 e. The van der Waals surface area contributed by atoms with Crippen molar-refractivity contribution >= 4 is 22.8 Å². The molecule has 23 heavy (non-hydrogen) atoms. The Balaban J connectivity index is 2.28. The number of anilines is 1. The number of carbonyl (C=O) groups excluding carboxylic acids is 1. The summed E-state index contributed by atoms with van der Waals surface area (Å²) < 4.78 is 5.82. The van der Waals surface area contributed by atoms with Crippen LogP contribution in [-0.4, -0.2) is 5.91 Å². The van der Waals surface area contributed by atoms with Gasteiger partial charge < -0.3 is 4.42 Å². The lowest BCUT2D eigenvalue weighted by Gasteiger charge is -2.12. The largest absolute Gasteiger partial charge is 0.439 e. The van der Waals surface area contributed by atoms with Crippen molar-refractivity contribution in [2.24, 2.45) is 5.92 Å². The first-order valence-electron chi connectivity index (χ1n) is 7.50. The first-order valence-corrected chi connectivity index (χ1v) is 7.50. The number of hydrogen-bond donors (Lipinski definition) is 1. The summed E-state index contributed by atoms with van der Waals surface area (Å²) in [5.74, 6) is -0.213. The molecule has 4 nitrogen and oxygen atoms in total. The lowest BCUT2D eigenvalue weighted by molar-refractivity contribution is -0.119. The van der Waals surface area contributed by atoms with Gasteiger partial charge in [-0.05, 0) is 17.7 Å². The van der Waals surface area contributed by atoms with E-state index in [-0.39, 0.29) is 23.1 Å². The van der Waals surface area contributed by atoms with Crippen molar-refractivity contribution in [3.63, 3.8) is 0 Å². The lowest BCUT2D eigenvalue weighted by atomic mass is 10.0. The molecule has 3 aromatic rings. The third kappa shape index (κ3) is 2.88. The fourth-order valence-corrected chi connectivity index (χ4v) is 2.35. The summed E-state index contributed by atoms with van der Waals surface area (Å²) in [7, 11) is 0. The molecular weight excluding hydrogens is 290 g/mol. The summed E-state index contributed by atoms with van der Waals surface area (Å²) in [5, 5.41) is 3.23. The molecule has 0 aliphatic rings. The van der Waals surface area contributed by atoms with E-state index in [0.717, 1.165) is 0 Å². The molecular formula is C19H17NO3. The normalized spacial score (nSPS) is 10.9. The summed E-state index contributed by atoms with van der Waals surface area (Å²) in [6.07, 6.45) is 0. The number of nitrogens with one attached hydrogen (secondary N) is 1. The molecule has 0 unspecified atom stereocenters. The van der Waals surface area contributed by atoms with Crippen LogP contribution >= 0.6 is 0 Å². The average molecular weight is 307 g/mol. The molecule has 2 aromatic carbocycles. The van der Waals surface area contributed by atoms with E-state index in [1.54, 1.807) is 38.1 Å². The Kier molecular flexibility index (Phi) is 3.98. The van der Waals surface area contributed by atoms with Crippen molar-refractivity contribution < 1.29 is 9.21 Å². The third-order valence-electron chi connectivity index (χ3n) is 3.62. The van der Waals surface area contributed by atoms with E-state index in [9.17, 15) is 9.59 Å². The predicted octanol–water partition coefficient (Wildman–Crippen LogP) is 4.05. The average Bonchev–Trinajstić information content (AvgIpc) is 2.56. The molecule has 116 valence electrons. The second-order valence-electron chi connectivity index (χ2n) is 5.64. The summed E-state index contributed by atoms with van der Waals surface area (Å²) >= 11 is 0. The van der Waals surface area contributed by atoms with E-state index >= 15 is 0 Å². The molecule has 1 heterocycles. The van der Waals surface area contributed by atoms with Gasteiger partial charge in [0.25, 0.3) is 0 Å². The van der Waals surface area contributed by atoms with Gasteiger partial charge in [-0.2, -0.15) is 0 Å². The van der Waals surface area contributed by atoms with E-state index in [0.29, 0.717) is 22.1 Å². The van der Waals surface area contributed by atoms with Gasteiger partial charge in [-0.15, -0.1) is 0 Å². The summed E-state index contributed by atoms with van der Waals surface area (Å²) in [6.45, 7) is 3.58. The highest BCUT2D eigenvalue weighted by Crippen LogP contribution is 2.28. The molecule has 0 spiro atoms. The van der Waals surface area contributed by atoms with Crippen LogP contribution in [0.25, 0.3) is 22.1 Å². The van der Waals surface area contributed by atoms with Crippen LogP contribution in [-0.2, 0) is 4.79 Å². The van der Waals surface area contributed by atoms with Crippen LogP contribution in [0, 0.1) is 5.92 Å². The van der Waals surface area contributed by atoms with Crippen molar-refractivity contribution in [2.75, 3.05) is 5.32 Å². The molecule has 0 atom stereocenters. The highest BCUT2D eigenvalue weighted by atomic mass is 16.4. The Hall–Kier alpha value is -2.88. The lowest BCUT2D eigenvalue weighted by Crippen LogP contribution is -2.20. The molecule has 1 amide bonds.